The molecule has 214 valence electrons. The molecule has 1 aliphatic heterocycles. The Morgan fingerprint density at radius 1 is 1.07 bits per heavy atom. The largest absolute Gasteiger partial charge is 0.457 e. The van der Waals surface area contributed by atoms with Crippen molar-refractivity contribution in [2.75, 3.05) is 14.1 Å². The number of para-hydroxylation sites is 1. The van der Waals surface area contributed by atoms with Gasteiger partial charge in [0, 0.05) is 34.7 Å². The third-order valence-electron chi connectivity index (χ3n) is 6.20. The lowest BCUT2D eigenvalue weighted by molar-refractivity contribution is -0.127. The zero-order chi connectivity index (χ0) is 29.2. The Morgan fingerprint density at radius 3 is 2.38 bits per heavy atom. The number of thiophene rings is 1. The van der Waals surface area contributed by atoms with Crippen LogP contribution in [0.15, 0.2) is 66.0 Å². The van der Waals surface area contributed by atoms with Gasteiger partial charge in [0.25, 0.3) is 0 Å². The van der Waals surface area contributed by atoms with Crippen LogP contribution in [0, 0.1) is 5.41 Å². The summed E-state index contributed by atoms with van der Waals surface area (Å²) in [6.07, 6.45) is 7.24. The standard InChI is InChI=1S/C16H24N4O2S.C13H10O2.CH5N/c1-18-20-13(4-2-3-7-21)5-6-15(20)16(22)19-10-14-8-12(9-17)11-23-14;14-10-11-6-8-13(9-7-11)15-12-4-2-1-3-5-12;1-2/h7-9,11,13,15,17-18H,2-6,10H2,1H3,(H,19,22);1-10H;2H2,1H3. The van der Waals surface area contributed by atoms with Gasteiger partial charge >= 0.3 is 0 Å². The average Bonchev–Trinajstić information content (AvgIpc) is 3.65. The predicted octanol–water partition coefficient (Wildman–Crippen LogP) is 4.56. The smallest absolute Gasteiger partial charge is 0.239 e. The van der Waals surface area contributed by atoms with Crippen molar-refractivity contribution in [3.05, 3.63) is 82.0 Å². The molecule has 3 aromatic rings. The van der Waals surface area contributed by atoms with Crippen LogP contribution in [0.5, 0.6) is 11.5 Å². The highest BCUT2D eigenvalue weighted by Gasteiger charge is 2.36. The van der Waals surface area contributed by atoms with Gasteiger partial charge in [-0.3, -0.25) is 15.0 Å². The van der Waals surface area contributed by atoms with Crippen molar-refractivity contribution in [1.29, 1.82) is 5.41 Å². The molecule has 2 aromatic carbocycles. The zero-order valence-corrected chi connectivity index (χ0v) is 23.9. The van der Waals surface area contributed by atoms with E-state index in [-0.39, 0.29) is 11.9 Å². The van der Waals surface area contributed by atoms with Gasteiger partial charge in [-0.1, -0.05) is 18.2 Å². The first-order valence-electron chi connectivity index (χ1n) is 13.2. The third kappa shape index (κ3) is 10.5. The molecular formula is C30H39N5O4S. The zero-order valence-electron chi connectivity index (χ0n) is 23.0. The molecule has 5 N–H and O–H groups in total. The summed E-state index contributed by atoms with van der Waals surface area (Å²) in [5, 5.41) is 14.1. The van der Waals surface area contributed by atoms with Crippen LogP contribution in [0.4, 0.5) is 0 Å². The van der Waals surface area contributed by atoms with E-state index in [4.69, 9.17) is 10.1 Å². The Kier molecular flexibility index (Phi) is 15.1. The molecule has 4 rings (SSSR count). The summed E-state index contributed by atoms with van der Waals surface area (Å²) in [5.74, 6) is 1.55. The number of hydrogen-bond acceptors (Lipinski definition) is 9. The summed E-state index contributed by atoms with van der Waals surface area (Å²) in [6.45, 7) is 0.501. The summed E-state index contributed by atoms with van der Waals surface area (Å²) in [6, 6.07) is 18.6. The summed E-state index contributed by atoms with van der Waals surface area (Å²) in [5.41, 5.74) is 9.16. The van der Waals surface area contributed by atoms with Crippen LogP contribution in [0.3, 0.4) is 0 Å². The third-order valence-corrected chi connectivity index (χ3v) is 7.15. The number of rotatable bonds is 12. The second-order valence-corrected chi connectivity index (χ2v) is 9.78. The number of carbonyl (C=O) groups excluding carboxylic acids is 3. The fourth-order valence-corrected chi connectivity index (χ4v) is 5.08. The van der Waals surface area contributed by atoms with Crippen molar-refractivity contribution in [3.63, 3.8) is 0 Å². The maximum Gasteiger partial charge on any atom is 0.239 e. The van der Waals surface area contributed by atoms with Crippen molar-refractivity contribution in [2.24, 2.45) is 5.73 Å². The number of amides is 1. The molecule has 2 atom stereocenters. The molecule has 1 saturated heterocycles. The minimum absolute atomic E-state index is 0.0297. The lowest BCUT2D eigenvalue weighted by Crippen LogP contribution is -2.51. The fourth-order valence-electron chi connectivity index (χ4n) is 4.30. The van der Waals surface area contributed by atoms with Crippen LogP contribution in [-0.2, 0) is 16.1 Å². The maximum absolute atomic E-state index is 12.5. The van der Waals surface area contributed by atoms with Gasteiger partial charge in [0.05, 0.1) is 6.54 Å². The first kappa shape index (κ1) is 32.5. The molecule has 2 heterocycles. The number of nitrogens with zero attached hydrogens (tertiary/aromatic N) is 1. The van der Waals surface area contributed by atoms with Gasteiger partial charge < -0.3 is 26.0 Å². The van der Waals surface area contributed by atoms with Crippen LogP contribution in [0.1, 0.15) is 52.9 Å². The topological polar surface area (TPSA) is 138 Å². The number of nitrogens with two attached hydrogens (primary N) is 1. The number of hydrazine groups is 1. The lowest BCUT2D eigenvalue weighted by Gasteiger charge is -2.28. The Morgan fingerprint density at radius 2 is 1.77 bits per heavy atom. The quantitative estimate of drug-likeness (QED) is 0.143. The monoisotopic (exact) mass is 565 g/mol. The molecular weight excluding hydrogens is 526 g/mol. The maximum atomic E-state index is 12.5. The summed E-state index contributed by atoms with van der Waals surface area (Å²) in [4.78, 5) is 34.4. The van der Waals surface area contributed by atoms with Gasteiger partial charge in [-0.15, -0.1) is 11.3 Å². The average molecular weight is 566 g/mol. The van der Waals surface area contributed by atoms with Gasteiger partial charge in [-0.25, -0.2) is 5.01 Å². The van der Waals surface area contributed by atoms with Gasteiger partial charge in [0.1, 0.15) is 30.1 Å². The normalized spacial score (nSPS) is 16.0. The van der Waals surface area contributed by atoms with Gasteiger partial charge in [-0.05, 0) is 87.6 Å². The van der Waals surface area contributed by atoms with E-state index < -0.39 is 0 Å². The van der Waals surface area contributed by atoms with Crippen molar-refractivity contribution >= 4 is 36.0 Å². The van der Waals surface area contributed by atoms with E-state index in [9.17, 15) is 14.4 Å². The van der Waals surface area contributed by atoms with E-state index in [0.717, 1.165) is 60.2 Å². The lowest BCUT2D eigenvalue weighted by atomic mass is 10.1. The number of nitrogens with one attached hydrogen (secondary N) is 3. The first-order chi connectivity index (χ1) is 19.6. The summed E-state index contributed by atoms with van der Waals surface area (Å²) in [7, 11) is 3.34. The van der Waals surface area contributed by atoms with E-state index >= 15 is 0 Å². The van der Waals surface area contributed by atoms with E-state index in [1.165, 1.54) is 13.3 Å². The Balaban J connectivity index is 0.000000284. The minimum atomic E-state index is -0.164. The SMILES string of the molecule is CN.CNN1C(CCCC=O)CCC1C(=O)NCc1cc(C=N)cs1.O=Cc1ccc(Oc2ccccc2)cc1. The highest BCUT2D eigenvalue weighted by Crippen LogP contribution is 2.26. The van der Waals surface area contributed by atoms with E-state index in [0.29, 0.717) is 24.6 Å². The fraction of sp³-hybridized carbons (Fsp3) is 0.333. The van der Waals surface area contributed by atoms with Crippen molar-refractivity contribution in [1.82, 2.24) is 15.8 Å². The van der Waals surface area contributed by atoms with Crippen molar-refractivity contribution < 1.29 is 19.1 Å². The molecule has 1 amide bonds. The van der Waals surface area contributed by atoms with Crippen LogP contribution in [0.2, 0.25) is 0 Å². The Bertz CT molecular complexity index is 1170. The molecule has 9 nitrogen and oxygen atoms in total. The molecule has 0 aliphatic carbocycles. The summed E-state index contributed by atoms with van der Waals surface area (Å²) >= 11 is 1.55. The number of aldehydes is 2. The second-order valence-electron chi connectivity index (χ2n) is 8.79. The Labute approximate surface area is 240 Å². The molecule has 10 heteroatoms. The van der Waals surface area contributed by atoms with E-state index in [1.54, 1.807) is 35.6 Å². The van der Waals surface area contributed by atoms with Gasteiger partial charge in [-0.2, -0.15) is 0 Å². The van der Waals surface area contributed by atoms with E-state index in [1.807, 2.05) is 53.8 Å². The highest BCUT2D eigenvalue weighted by atomic mass is 32.1. The number of carbonyl (C=O) groups is 3. The van der Waals surface area contributed by atoms with E-state index in [2.05, 4.69) is 16.5 Å². The molecule has 40 heavy (non-hydrogen) atoms. The van der Waals surface area contributed by atoms with Crippen LogP contribution in [-0.4, -0.2) is 55.9 Å². The van der Waals surface area contributed by atoms with Crippen LogP contribution in [0.25, 0.3) is 0 Å². The van der Waals surface area contributed by atoms with Crippen LogP contribution < -0.4 is 21.2 Å². The molecule has 1 aliphatic rings. The van der Waals surface area contributed by atoms with Crippen molar-refractivity contribution in [2.45, 2.75) is 50.7 Å². The molecule has 2 unspecified atom stereocenters. The van der Waals surface area contributed by atoms with Crippen LogP contribution >= 0.6 is 11.3 Å². The molecule has 0 bridgehead atoms. The first-order valence-corrected chi connectivity index (χ1v) is 14.1. The summed E-state index contributed by atoms with van der Waals surface area (Å²) < 4.78 is 5.56. The molecule has 0 spiro atoms. The molecule has 1 aromatic heterocycles. The molecule has 0 saturated carbocycles. The molecule has 0 radical (unpaired) electrons. The predicted molar refractivity (Wildman–Crippen MR) is 160 cm³/mol. The van der Waals surface area contributed by atoms with Crippen molar-refractivity contribution in [3.8, 4) is 11.5 Å². The minimum Gasteiger partial charge on any atom is -0.457 e. The number of ether oxygens (including phenoxy) is 1. The second kappa shape index (κ2) is 18.6. The molecule has 1 fully saturated rings. The van der Waals surface area contributed by atoms with Gasteiger partial charge in [0.2, 0.25) is 5.91 Å². The Hall–Kier alpha value is -3.70. The number of hydrogen-bond donors (Lipinski definition) is 4. The number of unbranched alkanes of at least 4 members (excludes halogenated alkanes) is 1. The van der Waals surface area contributed by atoms with Gasteiger partial charge in [0.15, 0.2) is 0 Å². The number of benzene rings is 2. The highest BCUT2D eigenvalue weighted by molar-refractivity contribution is 7.10.